The van der Waals surface area contributed by atoms with Crippen LogP contribution in [-0.2, 0) is 6.54 Å². The van der Waals surface area contributed by atoms with E-state index in [0.29, 0.717) is 28.9 Å². The molecule has 2 aromatic heterocycles. The minimum atomic E-state index is -0.164. The van der Waals surface area contributed by atoms with Crippen LogP contribution >= 0.6 is 0 Å². The summed E-state index contributed by atoms with van der Waals surface area (Å²) in [7, 11) is 0. The molecular formula is C14H13N3O2. The van der Waals surface area contributed by atoms with Gasteiger partial charge in [-0.1, -0.05) is 35.5 Å². The lowest BCUT2D eigenvalue weighted by Crippen LogP contribution is -2.24. The van der Waals surface area contributed by atoms with Crippen LogP contribution in [0.3, 0.4) is 0 Å². The zero-order valence-electron chi connectivity index (χ0n) is 10.8. The predicted molar refractivity (Wildman–Crippen MR) is 71.1 cm³/mol. The lowest BCUT2D eigenvalue weighted by atomic mass is 10.2. The van der Waals surface area contributed by atoms with Crippen LogP contribution in [0.25, 0.3) is 11.0 Å². The van der Waals surface area contributed by atoms with Gasteiger partial charge in [-0.25, -0.2) is 4.68 Å². The lowest BCUT2D eigenvalue weighted by molar-refractivity contribution is 0.446. The van der Waals surface area contributed by atoms with Crippen molar-refractivity contribution in [2.75, 3.05) is 0 Å². The van der Waals surface area contributed by atoms with Crippen molar-refractivity contribution in [1.82, 2.24) is 14.9 Å². The third-order valence-corrected chi connectivity index (χ3v) is 3.09. The van der Waals surface area contributed by atoms with Crippen LogP contribution in [0.2, 0.25) is 0 Å². The van der Waals surface area contributed by atoms with E-state index in [9.17, 15) is 4.79 Å². The molecule has 3 aromatic rings. The van der Waals surface area contributed by atoms with Crippen molar-refractivity contribution in [3.05, 3.63) is 57.6 Å². The quantitative estimate of drug-likeness (QED) is 0.703. The van der Waals surface area contributed by atoms with Gasteiger partial charge in [-0.05, 0) is 19.4 Å². The molecule has 0 N–H and O–H groups in total. The Kier molecular flexibility index (Phi) is 2.67. The fraction of sp³-hybridized carbons (Fsp3) is 0.214. The van der Waals surface area contributed by atoms with Crippen LogP contribution in [0.1, 0.15) is 17.0 Å². The molecule has 96 valence electrons. The largest absolute Gasteiger partial charge is 0.354 e. The second-order valence-corrected chi connectivity index (χ2v) is 4.51. The third kappa shape index (κ3) is 1.93. The molecule has 0 atom stereocenters. The molecule has 5 heteroatoms. The molecule has 0 saturated carbocycles. The molecule has 0 fully saturated rings. The molecule has 19 heavy (non-hydrogen) atoms. The van der Waals surface area contributed by atoms with Crippen molar-refractivity contribution in [1.29, 1.82) is 0 Å². The van der Waals surface area contributed by atoms with Crippen molar-refractivity contribution in [2.24, 2.45) is 0 Å². The highest BCUT2D eigenvalue weighted by atomic mass is 16.5. The van der Waals surface area contributed by atoms with E-state index in [0.717, 1.165) is 5.56 Å². The first-order chi connectivity index (χ1) is 9.16. The van der Waals surface area contributed by atoms with Gasteiger partial charge in [0, 0.05) is 0 Å². The van der Waals surface area contributed by atoms with Gasteiger partial charge in [0.15, 0.2) is 5.58 Å². The van der Waals surface area contributed by atoms with Crippen molar-refractivity contribution in [3.63, 3.8) is 0 Å². The summed E-state index contributed by atoms with van der Waals surface area (Å²) in [5, 5.41) is 8.63. The van der Waals surface area contributed by atoms with Gasteiger partial charge in [0.2, 0.25) is 0 Å². The second-order valence-electron chi connectivity index (χ2n) is 4.51. The van der Waals surface area contributed by atoms with E-state index in [1.807, 2.05) is 37.3 Å². The fourth-order valence-corrected chi connectivity index (χ4v) is 2.13. The Hall–Kier alpha value is -2.43. The molecule has 0 bridgehead atoms. The monoisotopic (exact) mass is 255 g/mol. The van der Waals surface area contributed by atoms with E-state index in [1.165, 1.54) is 4.68 Å². The Labute approximate surface area is 109 Å². The summed E-state index contributed by atoms with van der Waals surface area (Å²) in [6.07, 6.45) is 0. The molecule has 3 rings (SSSR count). The minimum absolute atomic E-state index is 0.164. The molecule has 0 unspecified atom stereocenters. The molecule has 0 aliphatic rings. The Morgan fingerprint density at radius 2 is 1.89 bits per heavy atom. The standard InChI is InChI=1S/C14H13N3O2/c1-9-12-13(19-16-9)10(2)15-17(14(12)18)8-11-6-4-3-5-7-11/h3-7H,8H2,1-2H3. The third-order valence-electron chi connectivity index (χ3n) is 3.09. The van der Waals surface area contributed by atoms with Gasteiger partial charge in [0.25, 0.3) is 5.56 Å². The molecule has 0 aliphatic carbocycles. The molecular weight excluding hydrogens is 242 g/mol. The van der Waals surface area contributed by atoms with Gasteiger partial charge < -0.3 is 4.52 Å². The second kappa shape index (κ2) is 4.35. The van der Waals surface area contributed by atoms with E-state index in [4.69, 9.17) is 4.52 Å². The maximum absolute atomic E-state index is 12.4. The molecule has 0 spiro atoms. The highest BCUT2D eigenvalue weighted by Gasteiger charge is 2.15. The minimum Gasteiger partial charge on any atom is -0.354 e. The number of benzene rings is 1. The number of fused-ring (bicyclic) bond motifs is 1. The molecule has 1 aromatic carbocycles. The summed E-state index contributed by atoms with van der Waals surface area (Å²) in [6, 6.07) is 9.76. The van der Waals surface area contributed by atoms with Crippen molar-refractivity contribution >= 4 is 11.0 Å². The maximum atomic E-state index is 12.4. The molecule has 0 aliphatic heterocycles. The van der Waals surface area contributed by atoms with Gasteiger partial charge in [-0.3, -0.25) is 4.79 Å². The van der Waals surface area contributed by atoms with Gasteiger partial charge in [0.05, 0.1) is 12.2 Å². The molecule has 0 saturated heterocycles. The smallest absolute Gasteiger partial charge is 0.280 e. The number of hydrogen-bond donors (Lipinski definition) is 0. The first kappa shape index (κ1) is 11.6. The summed E-state index contributed by atoms with van der Waals surface area (Å²) in [5.41, 5.74) is 2.62. The van der Waals surface area contributed by atoms with Crippen LogP contribution in [0.5, 0.6) is 0 Å². The Morgan fingerprint density at radius 3 is 2.63 bits per heavy atom. The number of aromatic nitrogens is 3. The van der Waals surface area contributed by atoms with Crippen LogP contribution in [0.15, 0.2) is 39.6 Å². The molecule has 0 radical (unpaired) electrons. The number of rotatable bonds is 2. The first-order valence-electron chi connectivity index (χ1n) is 6.04. The van der Waals surface area contributed by atoms with Gasteiger partial charge in [-0.2, -0.15) is 5.10 Å². The topological polar surface area (TPSA) is 60.9 Å². The number of hydrogen-bond acceptors (Lipinski definition) is 4. The van der Waals surface area contributed by atoms with Gasteiger partial charge in [-0.15, -0.1) is 0 Å². The predicted octanol–water partition coefficient (Wildman–Crippen LogP) is 2.05. The number of aryl methyl sites for hydroxylation is 2. The van der Waals surface area contributed by atoms with Crippen LogP contribution in [-0.4, -0.2) is 14.9 Å². The summed E-state index contributed by atoms with van der Waals surface area (Å²) < 4.78 is 6.60. The maximum Gasteiger partial charge on any atom is 0.280 e. The average molecular weight is 255 g/mol. The highest BCUT2D eigenvalue weighted by molar-refractivity contribution is 5.79. The summed E-state index contributed by atoms with van der Waals surface area (Å²) in [5.74, 6) is 0. The van der Waals surface area contributed by atoms with E-state index < -0.39 is 0 Å². The Morgan fingerprint density at radius 1 is 1.16 bits per heavy atom. The first-order valence-corrected chi connectivity index (χ1v) is 6.04. The lowest BCUT2D eigenvalue weighted by Gasteiger charge is -2.05. The molecule has 2 heterocycles. The zero-order chi connectivity index (χ0) is 13.4. The van der Waals surface area contributed by atoms with Crippen LogP contribution in [0.4, 0.5) is 0 Å². The fourth-order valence-electron chi connectivity index (χ4n) is 2.13. The van der Waals surface area contributed by atoms with Crippen molar-refractivity contribution in [3.8, 4) is 0 Å². The normalized spacial score (nSPS) is 11.1. The van der Waals surface area contributed by atoms with Crippen LogP contribution in [0, 0.1) is 13.8 Å². The average Bonchev–Trinajstić information content (AvgIpc) is 2.80. The number of nitrogens with zero attached hydrogens (tertiary/aromatic N) is 3. The van der Waals surface area contributed by atoms with Gasteiger partial charge >= 0.3 is 0 Å². The van der Waals surface area contributed by atoms with E-state index in [-0.39, 0.29) is 5.56 Å². The summed E-state index contributed by atoms with van der Waals surface area (Å²) in [6.45, 7) is 4.02. The highest BCUT2D eigenvalue weighted by Crippen LogP contribution is 2.15. The van der Waals surface area contributed by atoms with E-state index >= 15 is 0 Å². The SMILES string of the molecule is Cc1nn(Cc2ccccc2)c(=O)c2c(C)noc12. The summed E-state index contributed by atoms with van der Waals surface area (Å²) >= 11 is 0. The molecule has 0 amide bonds. The Balaban J connectivity index is 2.17. The van der Waals surface area contributed by atoms with Crippen molar-refractivity contribution in [2.45, 2.75) is 20.4 Å². The summed E-state index contributed by atoms with van der Waals surface area (Å²) in [4.78, 5) is 12.4. The van der Waals surface area contributed by atoms with Gasteiger partial charge in [0.1, 0.15) is 11.1 Å². The van der Waals surface area contributed by atoms with Crippen molar-refractivity contribution < 1.29 is 4.52 Å². The zero-order valence-corrected chi connectivity index (χ0v) is 10.8. The van der Waals surface area contributed by atoms with Crippen LogP contribution < -0.4 is 5.56 Å². The van der Waals surface area contributed by atoms with E-state index in [1.54, 1.807) is 6.92 Å². The van der Waals surface area contributed by atoms with E-state index in [2.05, 4.69) is 10.3 Å². The molecule has 5 nitrogen and oxygen atoms in total. The Bertz CT molecular complexity index is 788.